The van der Waals surface area contributed by atoms with Gasteiger partial charge >= 0.3 is 6.03 Å². The fourth-order valence-electron chi connectivity index (χ4n) is 1.75. The number of amides is 2. The molecule has 5 nitrogen and oxygen atoms in total. The van der Waals surface area contributed by atoms with Gasteiger partial charge in [0.2, 0.25) is 0 Å². The molecule has 0 atom stereocenters. The molecule has 19 heavy (non-hydrogen) atoms. The number of nitrogens with one attached hydrogen (secondary N) is 3. The average Bonchev–Trinajstić information content (AvgIpc) is 2.83. The van der Waals surface area contributed by atoms with Crippen LogP contribution in [0.25, 0.3) is 11.3 Å². The van der Waals surface area contributed by atoms with Crippen LogP contribution >= 0.6 is 0 Å². The Bertz CT molecular complexity index is 562. The summed E-state index contributed by atoms with van der Waals surface area (Å²) in [6, 6.07) is 7.47. The third-order valence-electron chi connectivity index (χ3n) is 2.67. The van der Waals surface area contributed by atoms with E-state index >= 15 is 0 Å². The summed E-state index contributed by atoms with van der Waals surface area (Å²) in [5, 5.41) is 5.58. The highest BCUT2D eigenvalue weighted by Crippen LogP contribution is 2.20. The van der Waals surface area contributed by atoms with E-state index < -0.39 is 0 Å². The lowest BCUT2D eigenvalue weighted by Gasteiger charge is -2.07. The molecule has 3 N–H and O–H groups in total. The van der Waals surface area contributed by atoms with Crippen LogP contribution in [0, 0.1) is 6.92 Å². The van der Waals surface area contributed by atoms with E-state index in [4.69, 9.17) is 0 Å². The molecule has 0 saturated carbocycles. The molecule has 0 aliphatic rings. The topological polar surface area (TPSA) is 69.8 Å². The predicted molar refractivity (Wildman–Crippen MR) is 76.1 cm³/mol. The molecule has 1 heterocycles. The maximum atomic E-state index is 11.6. The summed E-state index contributed by atoms with van der Waals surface area (Å²) >= 11 is 0. The van der Waals surface area contributed by atoms with Crippen LogP contribution in [0.3, 0.4) is 0 Å². The van der Waals surface area contributed by atoms with E-state index in [0.717, 1.165) is 29.2 Å². The third kappa shape index (κ3) is 3.58. The van der Waals surface area contributed by atoms with Gasteiger partial charge in [-0.05, 0) is 25.5 Å². The van der Waals surface area contributed by atoms with Crippen molar-refractivity contribution in [2.45, 2.75) is 20.3 Å². The molecule has 1 aromatic heterocycles. The first-order chi connectivity index (χ1) is 9.19. The molecule has 100 valence electrons. The predicted octanol–water partition coefficient (Wildman–Crippen LogP) is 2.92. The number of benzene rings is 1. The van der Waals surface area contributed by atoms with Crippen molar-refractivity contribution in [3.63, 3.8) is 0 Å². The lowest BCUT2D eigenvalue weighted by molar-refractivity contribution is 0.252. The first-order valence-corrected chi connectivity index (χ1v) is 6.36. The smallest absolute Gasteiger partial charge is 0.319 e. The number of anilines is 1. The number of rotatable bonds is 4. The Morgan fingerprint density at radius 1 is 1.42 bits per heavy atom. The van der Waals surface area contributed by atoms with Gasteiger partial charge < -0.3 is 15.6 Å². The maximum absolute atomic E-state index is 11.6. The Kier molecular flexibility index (Phi) is 4.18. The van der Waals surface area contributed by atoms with Gasteiger partial charge in [0.1, 0.15) is 5.82 Å². The van der Waals surface area contributed by atoms with Crippen LogP contribution in [0.4, 0.5) is 10.5 Å². The monoisotopic (exact) mass is 258 g/mol. The lowest BCUT2D eigenvalue weighted by Crippen LogP contribution is -2.29. The van der Waals surface area contributed by atoms with Gasteiger partial charge in [-0.3, -0.25) is 0 Å². The van der Waals surface area contributed by atoms with Crippen LogP contribution in [-0.2, 0) is 0 Å². The number of carbonyl (C=O) groups excluding carboxylic acids is 1. The van der Waals surface area contributed by atoms with Crippen LogP contribution < -0.4 is 10.6 Å². The molecule has 0 saturated heterocycles. The Balaban J connectivity index is 2.09. The summed E-state index contributed by atoms with van der Waals surface area (Å²) in [5.74, 6) is 0.869. The fraction of sp³-hybridized carbons (Fsp3) is 0.286. The van der Waals surface area contributed by atoms with Gasteiger partial charge in [-0.15, -0.1) is 0 Å². The Hall–Kier alpha value is -2.30. The fourth-order valence-corrected chi connectivity index (χ4v) is 1.75. The Morgan fingerprint density at radius 2 is 2.26 bits per heavy atom. The second-order valence-corrected chi connectivity index (χ2v) is 4.34. The van der Waals surface area contributed by atoms with Crippen molar-refractivity contribution in [2.75, 3.05) is 11.9 Å². The molecule has 2 rings (SSSR count). The minimum Gasteiger partial charge on any atom is -0.342 e. The number of aryl methyl sites for hydroxylation is 1. The molecular weight excluding hydrogens is 240 g/mol. The molecule has 0 aliphatic heterocycles. The normalized spacial score (nSPS) is 10.2. The third-order valence-corrected chi connectivity index (χ3v) is 2.67. The van der Waals surface area contributed by atoms with E-state index in [1.807, 2.05) is 38.1 Å². The first kappa shape index (κ1) is 13.1. The van der Waals surface area contributed by atoms with Crippen molar-refractivity contribution in [3.8, 4) is 11.3 Å². The molecule has 5 heteroatoms. The van der Waals surface area contributed by atoms with Gasteiger partial charge in [-0.1, -0.05) is 19.1 Å². The molecule has 0 aliphatic carbocycles. The van der Waals surface area contributed by atoms with Crippen LogP contribution in [0.2, 0.25) is 0 Å². The number of H-pyrrole nitrogens is 1. The number of imidazole rings is 1. The zero-order chi connectivity index (χ0) is 13.7. The first-order valence-electron chi connectivity index (χ1n) is 6.36. The zero-order valence-electron chi connectivity index (χ0n) is 11.2. The van der Waals surface area contributed by atoms with Gasteiger partial charge in [0.05, 0.1) is 11.9 Å². The van der Waals surface area contributed by atoms with Crippen molar-refractivity contribution >= 4 is 11.7 Å². The average molecular weight is 258 g/mol. The SMILES string of the molecule is CCCNC(=O)Nc1cccc(-c2cnc(C)[nH]2)c1. The summed E-state index contributed by atoms with van der Waals surface area (Å²) in [5.41, 5.74) is 2.70. The molecule has 0 unspecified atom stereocenters. The Morgan fingerprint density at radius 3 is 2.95 bits per heavy atom. The standard InChI is InChI=1S/C14H18N4O/c1-3-7-15-14(19)18-12-6-4-5-11(8-12)13-9-16-10(2)17-13/h4-6,8-9H,3,7H2,1-2H3,(H,16,17)(H2,15,18,19). The van der Waals surface area contributed by atoms with Gasteiger partial charge in [0, 0.05) is 17.8 Å². The van der Waals surface area contributed by atoms with E-state index in [-0.39, 0.29) is 6.03 Å². The molecule has 0 bridgehead atoms. The lowest BCUT2D eigenvalue weighted by atomic mass is 10.1. The van der Waals surface area contributed by atoms with Crippen LogP contribution in [-0.4, -0.2) is 22.5 Å². The molecule has 0 fully saturated rings. The van der Waals surface area contributed by atoms with Crippen LogP contribution in [0.1, 0.15) is 19.2 Å². The number of urea groups is 1. The van der Waals surface area contributed by atoms with Gasteiger partial charge in [-0.25, -0.2) is 9.78 Å². The van der Waals surface area contributed by atoms with Crippen LogP contribution in [0.5, 0.6) is 0 Å². The number of carbonyl (C=O) groups is 1. The van der Waals surface area contributed by atoms with Crippen molar-refractivity contribution in [2.24, 2.45) is 0 Å². The quantitative estimate of drug-likeness (QED) is 0.789. The summed E-state index contributed by atoms with van der Waals surface area (Å²) in [6.45, 7) is 4.59. The van der Waals surface area contributed by atoms with E-state index in [2.05, 4.69) is 20.6 Å². The number of aromatic nitrogens is 2. The number of aromatic amines is 1. The summed E-state index contributed by atoms with van der Waals surface area (Å²) in [6.07, 6.45) is 2.70. The zero-order valence-corrected chi connectivity index (χ0v) is 11.2. The van der Waals surface area contributed by atoms with Crippen LogP contribution in [0.15, 0.2) is 30.5 Å². The van der Waals surface area contributed by atoms with E-state index in [1.165, 1.54) is 0 Å². The van der Waals surface area contributed by atoms with E-state index in [9.17, 15) is 4.79 Å². The largest absolute Gasteiger partial charge is 0.342 e. The highest BCUT2D eigenvalue weighted by molar-refractivity contribution is 5.89. The van der Waals surface area contributed by atoms with Gasteiger partial charge in [-0.2, -0.15) is 0 Å². The molecule has 1 aromatic carbocycles. The number of nitrogens with zero attached hydrogens (tertiary/aromatic N) is 1. The molecular formula is C14H18N4O. The minimum absolute atomic E-state index is 0.181. The summed E-state index contributed by atoms with van der Waals surface area (Å²) in [4.78, 5) is 18.9. The van der Waals surface area contributed by atoms with Crippen molar-refractivity contribution in [3.05, 3.63) is 36.3 Å². The number of hydrogen-bond donors (Lipinski definition) is 3. The highest BCUT2D eigenvalue weighted by Gasteiger charge is 2.04. The summed E-state index contributed by atoms with van der Waals surface area (Å²) < 4.78 is 0. The van der Waals surface area contributed by atoms with E-state index in [0.29, 0.717) is 6.54 Å². The van der Waals surface area contributed by atoms with E-state index in [1.54, 1.807) is 6.20 Å². The van der Waals surface area contributed by atoms with Crippen molar-refractivity contribution in [1.82, 2.24) is 15.3 Å². The minimum atomic E-state index is -0.181. The molecule has 0 spiro atoms. The maximum Gasteiger partial charge on any atom is 0.319 e. The van der Waals surface area contributed by atoms with Crippen molar-refractivity contribution in [1.29, 1.82) is 0 Å². The molecule has 2 amide bonds. The van der Waals surface area contributed by atoms with Gasteiger partial charge in [0.25, 0.3) is 0 Å². The number of hydrogen-bond acceptors (Lipinski definition) is 2. The highest BCUT2D eigenvalue weighted by atomic mass is 16.2. The van der Waals surface area contributed by atoms with Gasteiger partial charge in [0.15, 0.2) is 0 Å². The van der Waals surface area contributed by atoms with Crippen molar-refractivity contribution < 1.29 is 4.79 Å². The second kappa shape index (κ2) is 6.04. The molecule has 0 radical (unpaired) electrons. The molecule has 2 aromatic rings. The second-order valence-electron chi connectivity index (χ2n) is 4.34. The Labute approximate surface area is 112 Å². The summed E-state index contributed by atoms with van der Waals surface area (Å²) in [7, 11) is 0.